The molecule has 1 atom stereocenters. The molecule has 1 heterocycles. The Labute approximate surface area is 61.5 Å². The van der Waals surface area contributed by atoms with Gasteiger partial charge in [-0.3, -0.25) is 0 Å². The maximum absolute atomic E-state index is 5.45. The maximum atomic E-state index is 5.45. The van der Waals surface area contributed by atoms with Gasteiger partial charge in [-0.25, -0.2) is 9.97 Å². The van der Waals surface area contributed by atoms with Crippen molar-refractivity contribution in [3.63, 3.8) is 0 Å². The molecule has 1 aromatic heterocycles. The topological polar surface area (TPSA) is 63.8 Å². The van der Waals surface area contributed by atoms with Gasteiger partial charge in [0.1, 0.15) is 0 Å². The van der Waals surface area contributed by atoms with Crippen LogP contribution >= 0.6 is 9.39 Å². The minimum absolute atomic E-state index is 0.417. The molecule has 0 saturated heterocycles. The third kappa shape index (κ3) is 1.33. The minimum atomic E-state index is 0.417. The zero-order valence-electron chi connectivity index (χ0n) is 5.63. The van der Waals surface area contributed by atoms with Gasteiger partial charge in [0.25, 0.3) is 0 Å². The molecule has 0 spiro atoms. The fourth-order valence-electron chi connectivity index (χ4n) is 0.593. The first kappa shape index (κ1) is 7.22. The summed E-state index contributed by atoms with van der Waals surface area (Å²) in [6.45, 7) is 1.86. The first-order valence-corrected chi connectivity index (χ1v) is 3.37. The normalized spacial score (nSPS) is 9.40. The Balaban J connectivity index is 3.09. The van der Waals surface area contributed by atoms with Crippen LogP contribution in [-0.2, 0) is 0 Å². The van der Waals surface area contributed by atoms with Gasteiger partial charge in [0.15, 0.2) is 11.6 Å². The van der Waals surface area contributed by atoms with Crippen LogP contribution in [-0.4, -0.2) is 9.97 Å². The second kappa shape index (κ2) is 2.80. The highest BCUT2D eigenvalue weighted by molar-refractivity contribution is 7.18. The summed E-state index contributed by atoms with van der Waals surface area (Å²) in [6.07, 6.45) is 1.63. The van der Waals surface area contributed by atoms with Crippen molar-refractivity contribution in [1.82, 2.24) is 9.97 Å². The van der Waals surface area contributed by atoms with Crippen molar-refractivity contribution in [3.05, 3.63) is 11.9 Å². The molecule has 0 aliphatic rings. The van der Waals surface area contributed by atoms with Crippen LogP contribution < -0.4 is 10.8 Å². The molecule has 0 amide bonds. The van der Waals surface area contributed by atoms with Crippen LogP contribution in [0.3, 0.4) is 0 Å². The number of hydrogen-bond donors (Lipinski definition) is 2. The Morgan fingerprint density at radius 2 is 2.40 bits per heavy atom. The lowest BCUT2D eigenvalue weighted by atomic mass is 10.5. The highest BCUT2D eigenvalue weighted by Gasteiger charge is 1.97. The lowest BCUT2D eigenvalue weighted by molar-refractivity contribution is 1.14. The molecular formula is C5H9N4P. The number of nitrogens with zero attached hydrogens (tertiary/aromatic N) is 2. The van der Waals surface area contributed by atoms with Crippen molar-refractivity contribution in [2.24, 2.45) is 0 Å². The fraction of sp³-hybridized carbons (Fsp3) is 0.200. The van der Waals surface area contributed by atoms with Gasteiger partial charge in [-0.05, 0) is 16.3 Å². The number of aryl methyl sites for hydroxylation is 1. The van der Waals surface area contributed by atoms with E-state index in [0.29, 0.717) is 11.6 Å². The van der Waals surface area contributed by atoms with Gasteiger partial charge in [-0.2, -0.15) is 0 Å². The first-order chi connectivity index (χ1) is 4.74. The molecule has 54 valence electrons. The van der Waals surface area contributed by atoms with Gasteiger partial charge >= 0.3 is 0 Å². The molecule has 0 aliphatic carbocycles. The molecule has 0 aromatic carbocycles. The summed E-state index contributed by atoms with van der Waals surface area (Å²) in [5.41, 5.74) is 6.30. The second-order valence-corrected chi connectivity index (χ2v) is 2.18. The molecule has 0 bridgehead atoms. The van der Waals surface area contributed by atoms with E-state index in [9.17, 15) is 0 Å². The molecule has 1 unspecified atom stereocenters. The number of nitrogens with two attached hydrogens (primary N) is 1. The third-order valence-corrected chi connectivity index (χ3v) is 1.33. The number of aromatic nitrogens is 2. The summed E-state index contributed by atoms with van der Waals surface area (Å²) < 4.78 is 0. The van der Waals surface area contributed by atoms with Crippen molar-refractivity contribution < 1.29 is 0 Å². The van der Waals surface area contributed by atoms with E-state index in [-0.39, 0.29) is 0 Å². The van der Waals surface area contributed by atoms with E-state index in [1.54, 1.807) is 6.20 Å². The molecular weight excluding hydrogens is 147 g/mol. The molecule has 3 N–H and O–H groups in total. The van der Waals surface area contributed by atoms with Crippen molar-refractivity contribution in [3.8, 4) is 0 Å². The van der Waals surface area contributed by atoms with Crippen molar-refractivity contribution in [1.29, 1.82) is 0 Å². The van der Waals surface area contributed by atoms with Crippen LogP contribution in [0.2, 0.25) is 0 Å². The summed E-state index contributed by atoms with van der Waals surface area (Å²) in [7, 11) is 2.32. The van der Waals surface area contributed by atoms with Crippen molar-refractivity contribution >= 4 is 21.0 Å². The van der Waals surface area contributed by atoms with E-state index in [2.05, 4.69) is 24.4 Å². The van der Waals surface area contributed by atoms with Crippen LogP contribution in [0.5, 0.6) is 0 Å². The second-order valence-electron chi connectivity index (χ2n) is 1.89. The molecule has 0 radical (unpaired) electrons. The Morgan fingerprint density at radius 3 is 2.90 bits per heavy atom. The molecule has 1 rings (SSSR count). The quantitative estimate of drug-likeness (QED) is 0.583. The van der Waals surface area contributed by atoms with E-state index in [1.807, 2.05) is 6.92 Å². The van der Waals surface area contributed by atoms with Gasteiger partial charge in [-0.15, -0.1) is 0 Å². The highest BCUT2D eigenvalue weighted by atomic mass is 31.0. The standard InChI is InChI=1S/C5H9N4P/c1-3-2-7-4(6)5(8-3)9-10/h2H,10H2,1H3,(H2,6,7)(H,8,9). The smallest absolute Gasteiger partial charge is 0.172 e. The predicted molar refractivity (Wildman–Crippen MR) is 44.5 cm³/mol. The summed E-state index contributed by atoms with van der Waals surface area (Å²) in [5.74, 6) is 1.02. The van der Waals surface area contributed by atoms with Gasteiger partial charge in [-0.1, -0.05) is 0 Å². The third-order valence-electron chi connectivity index (χ3n) is 1.06. The summed E-state index contributed by atoms with van der Waals surface area (Å²) in [5, 5.41) is 2.75. The summed E-state index contributed by atoms with van der Waals surface area (Å²) >= 11 is 0. The monoisotopic (exact) mass is 156 g/mol. The lowest BCUT2D eigenvalue weighted by Gasteiger charge is -2.01. The SMILES string of the molecule is Cc1cnc(N)c(NP)n1. The Morgan fingerprint density at radius 1 is 1.70 bits per heavy atom. The van der Waals surface area contributed by atoms with Crippen molar-refractivity contribution in [2.75, 3.05) is 10.8 Å². The van der Waals surface area contributed by atoms with Crippen LogP contribution in [0, 0.1) is 6.92 Å². The Hall–Kier alpha value is -0.890. The molecule has 5 heteroatoms. The number of nitrogens with one attached hydrogen (secondary N) is 1. The van der Waals surface area contributed by atoms with Crippen LogP contribution in [0.1, 0.15) is 5.69 Å². The van der Waals surface area contributed by atoms with E-state index >= 15 is 0 Å². The fourth-order valence-corrected chi connectivity index (χ4v) is 0.805. The lowest BCUT2D eigenvalue weighted by Crippen LogP contribution is -1.98. The molecule has 10 heavy (non-hydrogen) atoms. The molecule has 1 aromatic rings. The highest BCUT2D eigenvalue weighted by Crippen LogP contribution is 2.12. The number of nitrogen functional groups attached to an aromatic ring is 1. The summed E-state index contributed by atoms with van der Waals surface area (Å²) in [6, 6.07) is 0. The average Bonchev–Trinajstić information content (AvgIpc) is 1.94. The van der Waals surface area contributed by atoms with E-state index < -0.39 is 0 Å². The van der Waals surface area contributed by atoms with Gasteiger partial charge in [0.2, 0.25) is 0 Å². The Bertz CT molecular complexity index is 237. The van der Waals surface area contributed by atoms with Gasteiger partial charge in [0.05, 0.1) is 11.9 Å². The van der Waals surface area contributed by atoms with Crippen LogP contribution in [0.4, 0.5) is 11.6 Å². The minimum Gasteiger partial charge on any atom is -0.381 e. The van der Waals surface area contributed by atoms with E-state index in [1.165, 1.54) is 0 Å². The molecule has 0 saturated carbocycles. The Kier molecular flexibility index (Phi) is 2.02. The number of rotatable bonds is 1. The molecule has 0 fully saturated rings. The molecule has 4 nitrogen and oxygen atoms in total. The first-order valence-electron chi connectivity index (χ1n) is 2.80. The van der Waals surface area contributed by atoms with Gasteiger partial charge in [0, 0.05) is 0 Å². The largest absolute Gasteiger partial charge is 0.381 e. The number of anilines is 2. The summed E-state index contributed by atoms with van der Waals surface area (Å²) in [4.78, 5) is 7.96. The maximum Gasteiger partial charge on any atom is 0.172 e. The van der Waals surface area contributed by atoms with E-state index in [0.717, 1.165) is 5.69 Å². The van der Waals surface area contributed by atoms with Crippen molar-refractivity contribution in [2.45, 2.75) is 6.92 Å². The molecule has 0 aliphatic heterocycles. The zero-order chi connectivity index (χ0) is 7.56. The predicted octanol–water partition coefficient (Wildman–Crippen LogP) is 0.569. The average molecular weight is 156 g/mol. The van der Waals surface area contributed by atoms with Gasteiger partial charge < -0.3 is 10.8 Å². The van der Waals surface area contributed by atoms with Crippen LogP contribution in [0.15, 0.2) is 6.20 Å². The zero-order valence-corrected chi connectivity index (χ0v) is 6.78. The van der Waals surface area contributed by atoms with Crippen LogP contribution in [0.25, 0.3) is 0 Å². The number of hydrogen-bond acceptors (Lipinski definition) is 4. The van der Waals surface area contributed by atoms with E-state index in [4.69, 9.17) is 5.73 Å².